The second kappa shape index (κ2) is 5.88. The van der Waals surface area contributed by atoms with Gasteiger partial charge in [-0.2, -0.15) is 0 Å². The predicted octanol–water partition coefficient (Wildman–Crippen LogP) is 4.23. The molecule has 0 aromatic heterocycles. The lowest BCUT2D eigenvalue weighted by atomic mass is 9.98. The first-order valence-electron chi connectivity index (χ1n) is 7.16. The number of benzene rings is 1. The van der Waals surface area contributed by atoms with E-state index in [0.717, 1.165) is 29.6 Å². The van der Waals surface area contributed by atoms with Gasteiger partial charge in [0.15, 0.2) is 0 Å². The Balaban J connectivity index is 1.65. The summed E-state index contributed by atoms with van der Waals surface area (Å²) in [6.45, 7) is 0. The van der Waals surface area contributed by atoms with E-state index < -0.39 is 0 Å². The maximum absolute atomic E-state index is 6.16. The van der Waals surface area contributed by atoms with Crippen LogP contribution in [0.1, 0.15) is 37.7 Å². The molecule has 1 aromatic rings. The summed E-state index contributed by atoms with van der Waals surface area (Å²) in [6.07, 6.45) is 6.55. The molecule has 2 bridgehead atoms. The van der Waals surface area contributed by atoms with Crippen molar-refractivity contribution >= 4 is 11.6 Å². The van der Waals surface area contributed by atoms with Crippen LogP contribution in [0.25, 0.3) is 0 Å². The standard InChI is InChI=1S/C17H19ClO/c18-9-2-1-4-13-5-3-6-16(11-13)19-17-12-14-7-8-15(17)10-14/h3,5-6,11,14-15,17H,2,7-10,12H2. The number of ether oxygens (including phenoxy) is 1. The molecule has 0 saturated heterocycles. The summed E-state index contributed by atoms with van der Waals surface area (Å²) >= 11 is 5.62. The number of hydrogen-bond donors (Lipinski definition) is 0. The third kappa shape index (κ3) is 3.07. The lowest BCUT2D eigenvalue weighted by Gasteiger charge is -2.23. The highest BCUT2D eigenvalue weighted by atomic mass is 35.5. The number of rotatable bonds is 3. The zero-order valence-electron chi connectivity index (χ0n) is 11.1. The average molecular weight is 275 g/mol. The molecule has 0 heterocycles. The third-order valence-corrected chi connectivity index (χ3v) is 4.44. The normalized spacial score (nSPS) is 27.9. The molecule has 0 amide bonds. The van der Waals surface area contributed by atoms with Crippen LogP contribution in [0.2, 0.25) is 0 Å². The summed E-state index contributed by atoms with van der Waals surface area (Å²) in [5.41, 5.74) is 1.02. The molecule has 0 aliphatic heterocycles. The lowest BCUT2D eigenvalue weighted by Crippen LogP contribution is -2.23. The fraction of sp³-hybridized carbons (Fsp3) is 0.529. The minimum Gasteiger partial charge on any atom is -0.490 e. The molecule has 0 spiro atoms. The Labute approximate surface area is 120 Å². The van der Waals surface area contributed by atoms with Crippen LogP contribution >= 0.6 is 11.6 Å². The second-order valence-corrected chi connectivity index (χ2v) is 5.98. The Hall–Kier alpha value is -1.13. The first kappa shape index (κ1) is 12.9. The Bertz CT molecular complexity index is 499. The first-order valence-corrected chi connectivity index (χ1v) is 7.70. The van der Waals surface area contributed by atoms with Crippen molar-refractivity contribution in [2.75, 3.05) is 5.88 Å². The molecule has 19 heavy (non-hydrogen) atoms. The maximum atomic E-state index is 6.16. The predicted molar refractivity (Wildman–Crippen MR) is 78.5 cm³/mol. The van der Waals surface area contributed by atoms with Crippen LogP contribution in [0.15, 0.2) is 24.3 Å². The van der Waals surface area contributed by atoms with E-state index in [-0.39, 0.29) is 0 Å². The Morgan fingerprint density at radius 3 is 2.95 bits per heavy atom. The molecule has 2 heteroatoms. The van der Waals surface area contributed by atoms with Gasteiger partial charge in [0.05, 0.1) is 0 Å². The van der Waals surface area contributed by atoms with E-state index in [1.807, 2.05) is 24.3 Å². The van der Waals surface area contributed by atoms with Crippen LogP contribution in [0, 0.1) is 23.7 Å². The minimum atomic E-state index is 0.435. The molecule has 1 aromatic carbocycles. The van der Waals surface area contributed by atoms with Crippen molar-refractivity contribution in [1.82, 2.24) is 0 Å². The van der Waals surface area contributed by atoms with Gasteiger partial charge in [-0.05, 0) is 55.7 Å². The molecule has 2 fully saturated rings. The quantitative estimate of drug-likeness (QED) is 0.592. The average Bonchev–Trinajstić information content (AvgIpc) is 3.02. The Kier molecular flexibility index (Phi) is 3.99. The van der Waals surface area contributed by atoms with Crippen LogP contribution in [-0.4, -0.2) is 12.0 Å². The molecule has 1 nitrogen and oxygen atoms in total. The summed E-state index contributed by atoms with van der Waals surface area (Å²) in [5, 5.41) is 0. The summed E-state index contributed by atoms with van der Waals surface area (Å²) in [6, 6.07) is 8.13. The monoisotopic (exact) mass is 274 g/mol. The summed E-state index contributed by atoms with van der Waals surface area (Å²) in [4.78, 5) is 0. The van der Waals surface area contributed by atoms with Gasteiger partial charge in [0.25, 0.3) is 0 Å². The van der Waals surface area contributed by atoms with Crippen molar-refractivity contribution in [3.63, 3.8) is 0 Å². The zero-order valence-corrected chi connectivity index (χ0v) is 11.8. The molecule has 3 rings (SSSR count). The van der Waals surface area contributed by atoms with Gasteiger partial charge < -0.3 is 4.74 Å². The minimum absolute atomic E-state index is 0.435. The van der Waals surface area contributed by atoms with E-state index in [9.17, 15) is 0 Å². The van der Waals surface area contributed by atoms with E-state index >= 15 is 0 Å². The number of hydrogen-bond acceptors (Lipinski definition) is 1. The summed E-state index contributed by atoms with van der Waals surface area (Å²) in [7, 11) is 0. The zero-order chi connectivity index (χ0) is 13.1. The van der Waals surface area contributed by atoms with Crippen molar-refractivity contribution in [2.24, 2.45) is 11.8 Å². The Morgan fingerprint density at radius 2 is 2.21 bits per heavy atom. The molecule has 2 saturated carbocycles. The number of fused-ring (bicyclic) bond motifs is 2. The topological polar surface area (TPSA) is 9.23 Å². The van der Waals surface area contributed by atoms with Gasteiger partial charge in [-0.25, -0.2) is 0 Å². The SMILES string of the molecule is ClCCC#Cc1cccc(OC2CC3CCC2C3)c1. The van der Waals surface area contributed by atoms with Crippen LogP contribution in [0.4, 0.5) is 0 Å². The van der Waals surface area contributed by atoms with E-state index in [1.54, 1.807) is 0 Å². The van der Waals surface area contributed by atoms with Crippen molar-refractivity contribution < 1.29 is 4.74 Å². The van der Waals surface area contributed by atoms with Crippen LogP contribution in [0.5, 0.6) is 5.75 Å². The number of halogens is 1. The molecule has 3 atom stereocenters. The fourth-order valence-electron chi connectivity index (χ4n) is 3.36. The molecular formula is C17H19ClO. The van der Waals surface area contributed by atoms with Crippen LogP contribution in [0.3, 0.4) is 0 Å². The third-order valence-electron chi connectivity index (χ3n) is 4.25. The van der Waals surface area contributed by atoms with E-state index in [0.29, 0.717) is 12.0 Å². The van der Waals surface area contributed by atoms with Crippen molar-refractivity contribution in [1.29, 1.82) is 0 Å². The van der Waals surface area contributed by atoms with Crippen LogP contribution < -0.4 is 4.74 Å². The summed E-state index contributed by atoms with van der Waals surface area (Å²) in [5.74, 6) is 9.46. The van der Waals surface area contributed by atoms with E-state index in [4.69, 9.17) is 16.3 Å². The largest absolute Gasteiger partial charge is 0.490 e. The van der Waals surface area contributed by atoms with Crippen molar-refractivity contribution in [3.8, 4) is 17.6 Å². The van der Waals surface area contributed by atoms with Crippen LogP contribution in [-0.2, 0) is 0 Å². The molecule has 2 aliphatic carbocycles. The molecule has 3 unspecified atom stereocenters. The highest BCUT2D eigenvalue weighted by Gasteiger charge is 2.40. The van der Waals surface area contributed by atoms with E-state index in [1.165, 1.54) is 25.7 Å². The fourth-order valence-corrected chi connectivity index (χ4v) is 3.46. The van der Waals surface area contributed by atoms with Gasteiger partial charge in [0.2, 0.25) is 0 Å². The van der Waals surface area contributed by atoms with Gasteiger partial charge in [-0.1, -0.05) is 17.9 Å². The van der Waals surface area contributed by atoms with E-state index in [2.05, 4.69) is 11.8 Å². The highest BCUT2D eigenvalue weighted by molar-refractivity contribution is 6.18. The van der Waals surface area contributed by atoms with Gasteiger partial charge in [0, 0.05) is 17.9 Å². The van der Waals surface area contributed by atoms with Crippen molar-refractivity contribution in [3.05, 3.63) is 29.8 Å². The lowest BCUT2D eigenvalue weighted by molar-refractivity contribution is 0.138. The molecule has 2 aliphatic rings. The smallest absolute Gasteiger partial charge is 0.120 e. The van der Waals surface area contributed by atoms with Gasteiger partial charge in [-0.15, -0.1) is 11.6 Å². The van der Waals surface area contributed by atoms with Gasteiger partial charge >= 0.3 is 0 Å². The summed E-state index contributed by atoms with van der Waals surface area (Å²) < 4.78 is 6.16. The van der Waals surface area contributed by atoms with Crippen molar-refractivity contribution in [2.45, 2.75) is 38.2 Å². The molecule has 100 valence electrons. The molecule has 0 N–H and O–H groups in total. The number of alkyl halides is 1. The molecule has 0 radical (unpaired) electrons. The molecular weight excluding hydrogens is 256 g/mol. The highest BCUT2D eigenvalue weighted by Crippen LogP contribution is 2.45. The van der Waals surface area contributed by atoms with Gasteiger partial charge in [-0.3, -0.25) is 0 Å². The van der Waals surface area contributed by atoms with Gasteiger partial charge in [0.1, 0.15) is 11.9 Å². The first-order chi connectivity index (χ1) is 9.35. The maximum Gasteiger partial charge on any atom is 0.120 e. The second-order valence-electron chi connectivity index (χ2n) is 5.60. The Morgan fingerprint density at radius 1 is 1.26 bits per heavy atom.